The van der Waals surface area contributed by atoms with E-state index < -0.39 is 0 Å². The first-order valence-corrected chi connectivity index (χ1v) is 5.12. The third-order valence-corrected chi connectivity index (χ3v) is 2.20. The minimum Gasteiger partial charge on any atom is -0.389 e. The molecule has 0 heterocycles. The van der Waals surface area contributed by atoms with Crippen LogP contribution < -0.4 is 11.1 Å². The number of anilines is 1. The molecule has 0 saturated carbocycles. The van der Waals surface area contributed by atoms with Crippen LogP contribution in [0.3, 0.4) is 0 Å². The molecular formula is C11H14N2OS. The molecule has 3 nitrogen and oxygen atoms in total. The van der Waals surface area contributed by atoms with Crippen molar-refractivity contribution in [1.29, 1.82) is 0 Å². The van der Waals surface area contributed by atoms with Gasteiger partial charge in [0.15, 0.2) is 0 Å². The van der Waals surface area contributed by atoms with Crippen molar-refractivity contribution in [2.24, 2.45) is 11.7 Å². The Morgan fingerprint density at radius 1 is 1.33 bits per heavy atom. The summed E-state index contributed by atoms with van der Waals surface area (Å²) in [7, 11) is 0. The summed E-state index contributed by atoms with van der Waals surface area (Å²) in [5.41, 5.74) is 7.01. The van der Waals surface area contributed by atoms with E-state index in [2.05, 4.69) is 5.32 Å². The van der Waals surface area contributed by atoms with Gasteiger partial charge in [-0.15, -0.1) is 0 Å². The van der Waals surface area contributed by atoms with Gasteiger partial charge < -0.3 is 11.1 Å². The van der Waals surface area contributed by atoms with Crippen LogP contribution in [0.4, 0.5) is 5.69 Å². The predicted molar refractivity (Wildman–Crippen MR) is 65.8 cm³/mol. The van der Waals surface area contributed by atoms with Crippen molar-refractivity contribution in [1.82, 2.24) is 0 Å². The second-order valence-electron chi connectivity index (χ2n) is 3.59. The highest BCUT2D eigenvalue weighted by atomic mass is 32.1. The lowest BCUT2D eigenvalue weighted by atomic mass is 10.2. The Hall–Kier alpha value is -1.42. The van der Waals surface area contributed by atoms with Crippen molar-refractivity contribution in [3.8, 4) is 0 Å². The van der Waals surface area contributed by atoms with E-state index in [1.54, 1.807) is 24.3 Å². The Labute approximate surface area is 94.7 Å². The molecule has 0 spiro atoms. The third kappa shape index (κ3) is 3.32. The van der Waals surface area contributed by atoms with E-state index in [9.17, 15) is 4.79 Å². The summed E-state index contributed by atoms with van der Waals surface area (Å²) in [6, 6.07) is 7.15. The molecule has 0 aliphatic rings. The maximum atomic E-state index is 11.4. The van der Waals surface area contributed by atoms with Gasteiger partial charge in [0.25, 0.3) is 0 Å². The normalized spacial score (nSPS) is 10.1. The number of rotatable bonds is 3. The van der Waals surface area contributed by atoms with E-state index in [0.717, 1.165) is 11.3 Å². The minimum atomic E-state index is -0.0275. The van der Waals surface area contributed by atoms with Crippen LogP contribution in [-0.2, 0) is 4.79 Å². The zero-order valence-electron chi connectivity index (χ0n) is 8.78. The van der Waals surface area contributed by atoms with Gasteiger partial charge >= 0.3 is 0 Å². The Kier molecular flexibility index (Phi) is 3.80. The first kappa shape index (κ1) is 11.7. The Morgan fingerprint density at radius 3 is 2.27 bits per heavy atom. The van der Waals surface area contributed by atoms with Crippen molar-refractivity contribution in [3.63, 3.8) is 0 Å². The van der Waals surface area contributed by atoms with Crippen LogP contribution in [0.25, 0.3) is 0 Å². The maximum Gasteiger partial charge on any atom is 0.226 e. The highest BCUT2D eigenvalue weighted by Gasteiger charge is 2.06. The smallest absolute Gasteiger partial charge is 0.226 e. The first-order valence-electron chi connectivity index (χ1n) is 4.71. The molecule has 0 fully saturated rings. The number of benzene rings is 1. The lowest BCUT2D eigenvalue weighted by molar-refractivity contribution is -0.118. The standard InChI is InChI=1S/C11H14N2OS/c1-7(2)11(14)13-9-5-3-8(4-6-9)10(12)15/h3-7H,1-2H3,(H2,12,15)(H,13,14). The van der Waals surface area contributed by atoms with Crippen molar-refractivity contribution in [2.75, 3.05) is 5.32 Å². The molecular weight excluding hydrogens is 208 g/mol. The fourth-order valence-electron chi connectivity index (χ4n) is 1.00. The number of carbonyl (C=O) groups excluding carboxylic acids is 1. The molecule has 0 radical (unpaired) electrons. The molecule has 15 heavy (non-hydrogen) atoms. The molecule has 0 saturated heterocycles. The molecule has 0 aliphatic carbocycles. The number of thiocarbonyl (C=S) groups is 1. The summed E-state index contributed by atoms with van der Waals surface area (Å²) in [5.74, 6) is -0.0293. The molecule has 0 bridgehead atoms. The molecule has 4 heteroatoms. The SMILES string of the molecule is CC(C)C(=O)Nc1ccc(C(N)=S)cc1. The Morgan fingerprint density at radius 2 is 1.87 bits per heavy atom. The van der Waals surface area contributed by atoms with Gasteiger partial charge in [-0.1, -0.05) is 26.1 Å². The minimum absolute atomic E-state index is 0.00178. The molecule has 0 unspecified atom stereocenters. The number of carbonyl (C=O) groups is 1. The summed E-state index contributed by atoms with van der Waals surface area (Å²) >= 11 is 4.83. The fourth-order valence-corrected chi connectivity index (χ4v) is 1.14. The van der Waals surface area contributed by atoms with E-state index in [1.807, 2.05) is 13.8 Å². The number of nitrogens with two attached hydrogens (primary N) is 1. The van der Waals surface area contributed by atoms with E-state index in [-0.39, 0.29) is 11.8 Å². The van der Waals surface area contributed by atoms with Gasteiger partial charge in [-0.3, -0.25) is 4.79 Å². The van der Waals surface area contributed by atoms with Crippen LogP contribution in [0.15, 0.2) is 24.3 Å². The van der Waals surface area contributed by atoms with E-state index in [4.69, 9.17) is 18.0 Å². The van der Waals surface area contributed by atoms with Gasteiger partial charge in [0.05, 0.1) is 0 Å². The fraction of sp³-hybridized carbons (Fsp3) is 0.273. The van der Waals surface area contributed by atoms with Crippen molar-refractivity contribution >= 4 is 28.8 Å². The third-order valence-electron chi connectivity index (χ3n) is 1.96. The molecule has 0 aromatic heterocycles. The number of hydrogen-bond donors (Lipinski definition) is 2. The van der Waals surface area contributed by atoms with Crippen LogP contribution in [0.1, 0.15) is 19.4 Å². The van der Waals surface area contributed by atoms with Crippen LogP contribution in [-0.4, -0.2) is 10.9 Å². The summed E-state index contributed by atoms with van der Waals surface area (Å²) < 4.78 is 0. The number of amides is 1. The van der Waals surface area contributed by atoms with Crippen LogP contribution in [0.5, 0.6) is 0 Å². The van der Waals surface area contributed by atoms with Crippen LogP contribution >= 0.6 is 12.2 Å². The largest absolute Gasteiger partial charge is 0.389 e. The molecule has 1 aromatic carbocycles. The second-order valence-corrected chi connectivity index (χ2v) is 4.03. The molecule has 0 atom stereocenters. The molecule has 0 aliphatic heterocycles. The van der Waals surface area contributed by atoms with Crippen molar-refractivity contribution < 1.29 is 4.79 Å². The van der Waals surface area contributed by atoms with Gasteiger partial charge in [-0.2, -0.15) is 0 Å². The summed E-state index contributed by atoms with van der Waals surface area (Å²) in [6.07, 6.45) is 0. The summed E-state index contributed by atoms with van der Waals surface area (Å²) in [4.78, 5) is 11.7. The first-order chi connectivity index (χ1) is 7.00. The monoisotopic (exact) mass is 222 g/mol. The van der Waals surface area contributed by atoms with Gasteiger partial charge in [0.1, 0.15) is 4.99 Å². The maximum absolute atomic E-state index is 11.4. The lowest BCUT2D eigenvalue weighted by Crippen LogP contribution is -2.17. The topological polar surface area (TPSA) is 55.1 Å². The average Bonchev–Trinajstić information content (AvgIpc) is 2.18. The summed E-state index contributed by atoms with van der Waals surface area (Å²) in [6.45, 7) is 3.69. The Bertz CT molecular complexity index is 371. The van der Waals surface area contributed by atoms with Crippen molar-refractivity contribution in [3.05, 3.63) is 29.8 Å². The Balaban J connectivity index is 2.73. The number of nitrogens with one attached hydrogen (secondary N) is 1. The molecule has 1 amide bonds. The van der Waals surface area contributed by atoms with Gasteiger partial charge in [-0.05, 0) is 24.3 Å². The predicted octanol–water partition coefficient (Wildman–Crippen LogP) is 1.92. The van der Waals surface area contributed by atoms with Gasteiger partial charge in [0.2, 0.25) is 5.91 Å². The highest BCUT2D eigenvalue weighted by molar-refractivity contribution is 7.80. The van der Waals surface area contributed by atoms with E-state index >= 15 is 0 Å². The molecule has 80 valence electrons. The average molecular weight is 222 g/mol. The highest BCUT2D eigenvalue weighted by Crippen LogP contribution is 2.10. The van der Waals surface area contributed by atoms with E-state index in [1.165, 1.54) is 0 Å². The zero-order chi connectivity index (χ0) is 11.4. The lowest BCUT2D eigenvalue weighted by Gasteiger charge is -2.07. The van der Waals surface area contributed by atoms with Gasteiger partial charge in [0, 0.05) is 17.2 Å². The quantitative estimate of drug-likeness (QED) is 0.768. The van der Waals surface area contributed by atoms with E-state index in [0.29, 0.717) is 4.99 Å². The second kappa shape index (κ2) is 4.89. The zero-order valence-corrected chi connectivity index (χ0v) is 9.60. The van der Waals surface area contributed by atoms with Crippen LogP contribution in [0.2, 0.25) is 0 Å². The molecule has 3 N–H and O–H groups in total. The molecule has 1 rings (SSSR count). The van der Waals surface area contributed by atoms with Crippen molar-refractivity contribution in [2.45, 2.75) is 13.8 Å². The number of hydrogen-bond acceptors (Lipinski definition) is 2. The molecule has 1 aromatic rings. The van der Waals surface area contributed by atoms with Gasteiger partial charge in [-0.25, -0.2) is 0 Å². The van der Waals surface area contributed by atoms with Crippen LogP contribution in [0, 0.1) is 5.92 Å². The summed E-state index contributed by atoms with van der Waals surface area (Å²) in [5, 5.41) is 2.78.